The van der Waals surface area contributed by atoms with Crippen molar-refractivity contribution in [3.05, 3.63) is 71.5 Å². The van der Waals surface area contributed by atoms with Crippen LogP contribution in [0.1, 0.15) is 38.3 Å². The SMILES string of the molecule is CC(=O)N(CCC(=O)N(Cc1ccccc1)C(C)C)CCc1ccccc1F. The van der Waals surface area contributed by atoms with Crippen LogP contribution in [0.3, 0.4) is 0 Å². The van der Waals surface area contributed by atoms with Gasteiger partial charge >= 0.3 is 0 Å². The Morgan fingerprint density at radius 3 is 2.21 bits per heavy atom. The second kappa shape index (κ2) is 10.6. The lowest BCUT2D eigenvalue weighted by Crippen LogP contribution is -2.40. The molecule has 0 radical (unpaired) electrons. The lowest BCUT2D eigenvalue weighted by Gasteiger charge is -2.28. The molecule has 2 rings (SSSR count). The lowest BCUT2D eigenvalue weighted by molar-refractivity contribution is -0.135. The molecule has 0 fully saturated rings. The molecule has 0 saturated heterocycles. The smallest absolute Gasteiger partial charge is 0.224 e. The topological polar surface area (TPSA) is 40.6 Å². The molecule has 0 saturated carbocycles. The van der Waals surface area contributed by atoms with Crippen molar-refractivity contribution in [1.82, 2.24) is 9.80 Å². The van der Waals surface area contributed by atoms with Gasteiger partial charge in [-0.15, -0.1) is 0 Å². The van der Waals surface area contributed by atoms with Crippen LogP contribution >= 0.6 is 0 Å². The van der Waals surface area contributed by atoms with Crippen molar-refractivity contribution in [1.29, 1.82) is 0 Å². The van der Waals surface area contributed by atoms with Gasteiger partial charge in [-0.25, -0.2) is 4.39 Å². The summed E-state index contributed by atoms with van der Waals surface area (Å²) in [5, 5.41) is 0. The maximum Gasteiger partial charge on any atom is 0.224 e. The molecule has 28 heavy (non-hydrogen) atoms. The number of halogens is 1. The zero-order valence-electron chi connectivity index (χ0n) is 16.9. The quantitative estimate of drug-likeness (QED) is 0.655. The minimum atomic E-state index is -0.268. The van der Waals surface area contributed by atoms with Crippen molar-refractivity contribution in [3.8, 4) is 0 Å². The number of hydrogen-bond acceptors (Lipinski definition) is 2. The van der Waals surface area contributed by atoms with Crippen molar-refractivity contribution in [2.24, 2.45) is 0 Å². The maximum absolute atomic E-state index is 13.8. The third kappa shape index (κ3) is 6.48. The van der Waals surface area contributed by atoms with E-state index in [4.69, 9.17) is 0 Å². The fraction of sp³-hybridized carbons (Fsp3) is 0.391. The molecule has 0 heterocycles. The molecule has 0 N–H and O–H groups in total. The highest BCUT2D eigenvalue weighted by atomic mass is 19.1. The van der Waals surface area contributed by atoms with Gasteiger partial charge in [0, 0.05) is 39.0 Å². The number of carbonyl (C=O) groups is 2. The Morgan fingerprint density at radius 2 is 1.61 bits per heavy atom. The van der Waals surface area contributed by atoms with E-state index in [1.807, 2.05) is 49.1 Å². The van der Waals surface area contributed by atoms with E-state index in [2.05, 4.69) is 0 Å². The Bertz CT molecular complexity index is 777. The molecule has 0 aliphatic rings. The Hall–Kier alpha value is -2.69. The molecule has 0 aliphatic heterocycles. The van der Waals surface area contributed by atoms with E-state index in [-0.39, 0.29) is 30.1 Å². The van der Waals surface area contributed by atoms with Gasteiger partial charge in [0.05, 0.1) is 0 Å². The van der Waals surface area contributed by atoms with Crippen LogP contribution in [0, 0.1) is 5.82 Å². The number of nitrogens with zero attached hydrogens (tertiary/aromatic N) is 2. The monoisotopic (exact) mass is 384 g/mol. The summed E-state index contributed by atoms with van der Waals surface area (Å²) in [6.45, 7) is 6.73. The van der Waals surface area contributed by atoms with E-state index in [1.54, 1.807) is 23.1 Å². The van der Waals surface area contributed by atoms with Crippen LogP contribution in [0.25, 0.3) is 0 Å². The Labute approximate surface area is 167 Å². The van der Waals surface area contributed by atoms with Gasteiger partial charge in [0.15, 0.2) is 0 Å². The summed E-state index contributed by atoms with van der Waals surface area (Å²) in [5.74, 6) is -0.366. The number of rotatable bonds is 9. The van der Waals surface area contributed by atoms with Crippen LogP contribution in [-0.4, -0.2) is 40.7 Å². The first-order valence-corrected chi connectivity index (χ1v) is 9.70. The second-order valence-electron chi connectivity index (χ2n) is 7.20. The maximum atomic E-state index is 13.8. The van der Waals surface area contributed by atoms with E-state index in [0.29, 0.717) is 31.6 Å². The van der Waals surface area contributed by atoms with Crippen molar-refractivity contribution < 1.29 is 14.0 Å². The second-order valence-corrected chi connectivity index (χ2v) is 7.20. The lowest BCUT2D eigenvalue weighted by atomic mass is 10.1. The van der Waals surface area contributed by atoms with Gasteiger partial charge in [0.2, 0.25) is 11.8 Å². The van der Waals surface area contributed by atoms with Crippen LogP contribution in [0.4, 0.5) is 4.39 Å². The van der Waals surface area contributed by atoms with E-state index in [9.17, 15) is 14.0 Å². The minimum absolute atomic E-state index is 0.0102. The predicted molar refractivity (Wildman–Crippen MR) is 109 cm³/mol. The molecule has 2 amide bonds. The fourth-order valence-corrected chi connectivity index (χ4v) is 3.10. The molecule has 0 aromatic heterocycles. The average Bonchev–Trinajstić information content (AvgIpc) is 2.67. The van der Waals surface area contributed by atoms with E-state index in [1.165, 1.54) is 13.0 Å². The molecule has 0 spiro atoms. The molecule has 2 aromatic rings. The number of carbonyl (C=O) groups excluding carboxylic acids is 2. The van der Waals surface area contributed by atoms with Crippen LogP contribution in [0.15, 0.2) is 54.6 Å². The summed E-state index contributed by atoms with van der Waals surface area (Å²) >= 11 is 0. The molecule has 5 heteroatoms. The Morgan fingerprint density at radius 1 is 0.964 bits per heavy atom. The predicted octanol–water partition coefficient (Wildman–Crippen LogP) is 4.04. The minimum Gasteiger partial charge on any atom is -0.342 e. The standard InChI is InChI=1S/C23H29FN2O2/c1-18(2)26(17-20-9-5-4-6-10-20)23(28)14-16-25(19(3)27)15-13-21-11-7-8-12-22(21)24/h4-12,18H,13-17H2,1-3H3. The normalized spacial score (nSPS) is 10.8. The van der Waals surface area contributed by atoms with Gasteiger partial charge in [-0.05, 0) is 37.5 Å². The van der Waals surface area contributed by atoms with Gasteiger partial charge in [-0.1, -0.05) is 48.5 Å². The first-order valence-electron chi connectivity index (χ1n) is 9.70. The summed E-state index contributed by atoms with van der Waals surface area (Å²) in [4.78, 5) is 28.2. The van der Waals surface area contributed by atoms with Gasteiger partial charge in [0.25, 0.3) is 0 Å². The van der Waals surface area contributed by atoms with Crippen molar-refractivity contribution in [2.75, 3.05) is 13.1 Å². The molecular weight excluding hydrogens is 355 g/mol. The summed E-state index contributed by atoms with van der Waals surface area (Å²) in [5.41, 5.74) is 1.65. The number of benzene rings is 2. The molecule has 0 aliphatic carbocycles. The summed E-state index contributed by atoms with van der Waals surface area (Å²) in [6.07, 6.45) is 0.681. The van der Waals surface area contributed by atoms with Gasteiger partial charge in [0.1, 0.15) is 5.82 Å². The van der Waals surface area contributed by atoms with Crippen LogP contribution < -0.4 is 0 Å². The molecule has 4 nitrogen and oxygen atoms in total. The molecule has 2 aromatic carbocycles. The first-order chi connectivity index (χ1) is 13.4. The third-order valence-corrected chi connectivity index (χ3v) is 4.79. The zero-order valence-corrected chi connectivity index (χ0v) is 16.9. The highest BCUT2D eigenvalue weighted by Gasteiger charge is 2.19. The average molecular weight is 384 g/mol. The van der Waals surface area contributed by atoms with E-state index < -0.39 is 0 Å². The third-order valence-electron chi connectivity index (χ3n) is 4.79. The number of hydrogen-bond donors (Lipinski definition) is 0. The highest BCUT2D eigenvalue weighted by molar-refractivity contribution is 5.78. The van der Waals surface area contributed by atoms with Crippen LogP contribution in [-0.2, 0) is 22.6 Å². The largest absolute Gasteiger partial charge is 0.342 e. The summed E-state index contributed by atoms with van der Waals surface area (Å²) in [7, 11) is 0. The molecular formula is C23H29FN2O2. The molecule has 150 valence electrons. The van der Waals surface area contributed by atoms with Crippen LogP contribution in [0.2, 0.25) is 0 Å². The van der Waals surface area contributed by atoms with Crippen molar-refractivity contribution >= 4 is 11.8 Å². The summed E-state index contributed by atoms with van der Waals surface area (Å²) in [6, 6.07) is 16.5. The molecule has 0 unspecified atom stereocenters. The van der Waals surface area contributed by atoms with Gasteiger partial charge in [-0.2, -0.15) is 0 Å². The van der Waals surface area contributed by atoms with E-state index in [0.717, 1.165) is 5.56 Å². The van der Waals surface area contributed by atoms with Crippen LogP contribution in [0.5, 0.6) is 0 Å². The van der Waals surface area contributed by atoms with E-state index >= 15 is 0 Å². The Kier molecular flexibility index (Phi) is 8.18. The number of amides is 2. The summed E-state index contributed by atoms with van der Waals surface area (Å²) < 4.78 is 13.8. The zero-order chi connectivity index (χ0) is 20.5. The van der Waals surface area contributed by atoms with Crippen molar-refractivity contribution in [3.63, 3.8) is 0 Å². The Balaban J connectivity index is 1.94. The molecule has 0 bridgehead atoms. The molecule has 0 atom stereocenters. The van der Waals surface area contributed by atoms with Crippen molar-refractivity contribution in [2.45, 2.75) is 46.2 Å². The highest BCUT2D eigenvalue weighted by Crippen LogP contribution is 2.12. The fourth-order valence-electron chi connectivity index (χ4n) is 3.10. The first kappa shape index (κ1) is 21.6. The van der Waals surface area contributed by atoms with Gasteiger partial charge in [-0.3, -0.25) is 9.59 Å². The van der Waals surface area contributed by atoms with Gasteiger partial charge < -0.3 is 9.80 Å².